The van der Waals surface area contributed by atoms with Crippen LogP contribution in [-0.4, -0.2) is 12.5 Å². The third kappa shape index (κ3) is 4.04. The first-order chi connectivity index (χ1) is 11.7. The Labute approximate surface area is 145 Å². The van der Waals surface area contributed by atoms with Crippen LogP contribution in [0.15, 0.2) is 77.4 Å². The number of carbonyl (C=O) groups excluding carboxylic acids is 1. The van der Waals surface area contributed by atoms with Gasteiger partial charge in [-0.2, -0.15) is 0 Å². The lowest BCUT2D eigenvalue weighted by Gasteiger charge is -2.14. The van der Waals surface area contributed by atoms with Crippen molar-refractivity contribution >= 4 is 23.2 Å². The number of para-hydroxylation sites is 1. The van der Waals surface area contributed by atoms with E-state index < -0.39 is 0 Å². The van der Waals surface area contributed by atoms with E-state index in [1.54, 1.807) is 18.4 Å². The van der Waals surface area contributed by atoms with Crippen LogP contribution in [0.4, 0.5) is 5.69 Å². The Hall–Kier alpha value is -2.56. The molecule has 0 saturated carbocycles. The third-order valence-corrected chi connectivity index (χ3v) is 4.02. The summed E-state index contributed by atoms with van der Waals surface area (Å²) >= 11 is 6.07. The number of nitrogens with one attached hydrogen (secondary N) is 1. The van der Waals surface area contributed by atoms with Crippen molar-refractivity contribution in [1.82, 2.24) is 0 Å². The minimum absolute atomic E-state index is 0.0711. The van der Waals surface area contributed by atoms with Gasteiger partial charge in [-0.3, -0.25) is 4.79 Å². The van der Waals surface area contributed by atoms with Crippen LogP contribution < -0.4 is 10.6 Å². The molecule has 1 aromatic heterocycles. The van der Waals surface area contributed by atoms with Crippen LogP contribution in [0.3, 0.4) is 0 Å². The second-order valence-corrected chi connectivity index (χ2v) is 5.78. The van der Waals surface area contributed by atoms with Crippen molar-refractivity contribution in [3.63, 3.8) is 0 Å². The topological polar surface area (TPSA) is 58.9 Å². The molecule has 0 aliphatic heterocycles. The summed E-state index contributed by atoms with van der Waals surface area (Å²) in [6.45, 7) is 0.255. The summed E-state index contributed by atoms with van der Waals surface area (Å²) in [5, 5.41) is 5.30. The molecule has 4 nitrogen and oxygen atoms in total. The number of hydrogen-bond acceptors (Lipinski definition) is 2. The highest BCUT2D eigenvalue weighted by Crippen LogP contribution is 2.20. The Bertz CT molecular complexity index is 788. The first-order valence-corrected chi connectivity index (χ1v) is 8.08. The van der Waals surface area contributed by atoms with Gasteiger partial charge in [-0.25, -0.2) is 0 Å². The summed E-state index contributed by atoms with van der Waals surface area (Å²) in [5.74, 6) is 0.697. The fraction of sp³-hybridized carbons (Fsp3) is 0.105. The molecule has 1 heterocycles. The molecule has 0 bridgehead atoms. The monoisotopic (exact) mass is 341 g/mol. The number of amides is 1. The molecule has 0 aliphatic rings. The van der Waals surface area contributed by atoms with Crippen LogP contribution in [0.2, 0.25) is 5.02 Å². The minimum atomic E-state index is -0.115. The Balaban J connectivity index is 1.68. The van der Waals surface area contributed by atoms with Gasteiger partial charge in [0.05, 0.1) is 17.0 Å². The van der Waals surface area contributed by atoms with Crippen molar-refractivity contribution in [2.45, 2.75) is 6.04 Å². The maximum Gasteiger partial charge on any atom is 0.279 e. The zero-order valence-corrected chi connectivity index (χ0v) is 13.7. The number of quaternary nitrogens is 1. The van der Waals surface area contributed by atoms with Crippen LogP contribution in [0.25, 0.3) is 0 Å². The second-order valence-electron chi connectivity index (χ2n) is 5.37. The van der Waals surface area contributed by atoms with Gasteiger partial charge in [-0.05, 0) is 24.3 Å². The van der Waals surface area contributed by atoms with E-state index in [0.29, 0.717) is 10.7 Å². The highest BCUT2D eigenvalue weighted by molar-refractivity contribution is 6.33. The molecule has 0 spiro atoms. The number of halogens is 1. The van der Waals surface area contributed by atoms with Gasteiger partial charge >= 0.3 is 0 Å². The van der Waals surface area contributed by atoms with Crippen molar-refractivity contribution in [2.24, 2.45) is 0 Å². The van der Waals surface area contributed by atoms with Crippen molar-refractivity contribution in [2.75, 3.05) is 11.9 Å². The highest BCUT2D eigenvalue weighted by atomic mass is 35.5. The predicted molar refractivity (Wildman–Crippen MR) is 93.9 cm³/mol. The lowest BCUT2D eigenvalue weighted by molar-refractivity contribution is -0.678. The largest absolute Gasteiger partial charge is 0.463 e. The lowest BCUT2D eigenvalue weighted by atomic mass is 10.0. The highest BCUT2D eigenvalue weighted by Gasteiger charge is 2.21. The van der Waals surface area contributed by atoms with Crippen molar-refractivity contribution in [3.05, 3.63) is 89.3 Å². The molecule has 2 aromatic carbocycles. The van der Waals surface area contributed by atoms with Gasteiger partial charge in [-0.15, -0.1) is 0 Å². The van der Waals surface area contributed by atoms with Gasteiger partial charge in [0, 0.05) is 5.56 Å². The number of hydrogen-bond donors (Lipinski definition) is 2. The standard InChI is InChI=1S/C19H17ClN2O2/c20-15-9-4-5-10-16(15)22-18(23)13-21-19(17-11-6-12-24-17)14-7-2-1-3-8-14/h1-12,19,21H,13H2,(H,22,23)/p+1/t19-/m0/s1. The molecule has 122 valence electrons. The number of carbonyl (C=O) groups is 1. The molecule has 1 atom stereocenters. The van der Waals surface area contributed by atoms with E-state index in [4.69, 9.17) is 16.0 Å². The van der Waals surface area contributed by atoms with E-state index in [0.717, 1.165) is 11.3 Å². The molecular formula is C19H18ClN2O2+. The molecule has 0 saturated heterocycles. The van der Waals surface area contributed by atoms with Gasteiger partial charge < -0.3 is 15.1 Å². The molecule has 0 fully saturated rings. The molecule has 0 radical (unpaired) electrons. The van der Waals surface area contributed by atoms with Crippen LogP contribution in [0, 0.1) is 0 Å². The number of benzene rings is 2. The van der Waals surface area contributed by atoms with Crippen molar-refractivity contribution in [1.29, 1.82) is 0 Å². The van der Waals surface area contributed by atoms with Crippen molar-refractivity contribution < 1.29 is 14.5 Å². The smallest absolute Gasteiger partial charge is 0.279 e. The Kier molecular flexibility index (Phi) is 5.31. The van der Waals surface area contributed by atoms with E-state index in [1.165, 1.54) is 0 Å². The normalized spacial score (nSPS) is 11.9. The fourth-order valence-electron chi connectivity index (χ4n) is 2.53. The zero-order valence-electron chi connectivity index (χ0n) is 13.0. The maximum absolute atomic E-state index is 12.2. The van der Waals surface area contributed by atoms with E-state index >= 15 is 0 Å². The summed E-state index contributed by atoms with van der Waals surface area (Å²) in [7, 11) is 0. The molecule has 1 amide bonds. The predicted octanol–water partition coefficient (Wildman–Crippen LogP) is 3.22. The summed E-state index contributed by atoms with van der Waals surface area (Å²) in [4.78, 5) is 12.2. The van der Waals surface area contributed by atoms with Crippen LogP contribution >= 0.6 is 11.6 Å². The summed E-state index contributed by atoms with van der Waals surface area (Å²) < 4.78 is 5.54. The first-order valence-electron chi connectivity index (χ1n) is 7.70. The number of furan rings is 1. The molecule has 3 aromatic rings. The van der Waals surface area contributed by atoms with Crippen LogP contribution in [0.5, 0.6) is 0 Å². The van der Waals surface area contributed by atoms with Gasteiger partial charge in [-0.1, -0.05) is 54.1 Å². The third-order valence-electron chi connectivity index (χ3n) is 3.70. The van der Waals surface area contributed by atoms with E-state index in [1.807, 2.05) is 59.9 Å². The maximum atomic E-state index is 12.2. The quantitative estimate of drug-likeness (QED) is 0.723. The molecule has 0 aliphatic carbocycles. The Morgan fingerprint density at radius 2 is 1.79 bits per heavy atom. The minimum Gasteiger partial charge on any atom is -0.463 e. The number of rotatable bonds is 6. The zero-order chi connectivity index (χ0) is 16.8. The second kappa shape index (κ2) is 7.81. The molecular weight excluding hydrogens is 324 g/mol. The summed E-state index contributed by atoms with van der Waals surface area (Å²) in [6.07, 6.45) is 1.64. The molecule has 0 unspecified atom stereocenters. The number of anilines is 1. The van der Waals surface area contributed by atoms with E-state index in [-0.39, 0.29) is 18.5 Å². The molecule has 24 heavy (non-hydrogen) atoms. The van der Waals surface area contributed by atoms with Gasteiger partial charge in [0.1, 0.15) is 0 Å². The number of nitrogens with two attached hydrogens (primary N) is 1. The fourth-order valence-corrected chi connectivity index (χ4v) is 2.72. The Morgan fingerprint density at radius 1 is 1.04 bits per heavy atom. The summed E-state index contributed by atoms with van der Waals surface area (Å²) in [5.41, 5.74) is 1.70. The molecule has 3 N–H and O–H groups in total. The van der Waals surface area contributed by atoms with Crippen LogP contribution in [-0.2, 0) is 4.79 Å². The first kappa shape index (κ1) is 16.3. The SMILES string of the molecule is O=C(C[NH2+][C@@H](c1ccccc1)c1ccco1)Nc1ccccc1Cl. The van der Waals surface area contributed by atoms with Crippen molar-refractivity contribution in [3.8, 4) is 0 Å². The average Bonchev–Trinajstić information content (AvgIpc) is 3.12. The average molecular weight is 342 g/mol. The van der Waals surface area contributed by atoms with E-state index in [2.05, 4.69) is 5.32 Å². The van der Waals surface area contributed by atoms with E-state index in [9.17, 15) is 4.79 Å². The van der Waals surface area contributed by atoms with Gasteiger partial charge in [0.25, 0.3) is 5.91 Å². The Morgan fingerprint density at radius 3 is 2.50 bits per heavy atom. The summed E-state index contributed by atoms with van der Waals surface area (Å²) in [6, 6.07) is 20.8. The van der Waals surface area contributed by atoms with Crippen LogP contribution in [0.1, 0.15) is 17.4 Å². The van der Waals surface area contributed by atoms with Gasteiger partial charge in [0.15, 0.2) is 18.3 Å². The molecule has 3 rings (SSSR count). The van der Waals surface area contributed by atoms with Gasteiger partial charge in [0.2, 0.25) is 0 Å². The lowest BCUT2D eigenvalue weighted by Crippen LogP contribution is -2.87. The molecule has 5 heteroatoms.